The molecule has 0 aliphatic rings. The molecule has 1 amide bonds. The number of hydrogen-bond acceptors (Lipinski definition) is 5. The number of rotatable bonds is 5. The van der Waals surface area contributed by atoms with E-state index in [0.29, 0.717) is 11.4 Å². The summed E-state index contributed by atoms with van der Waals surface area (Å²) in [7, 11) is 0. The Morgan fingerprint density at radius 2 is 2.04 bits per heavy atom. The van der Waals surface area contributed by atoms with Crippen molar-refractivity contribution >= 4 is 24.0 Å². The molecule has 0 saturated heterocycles. The first-order valence-electron chi connectivity index (χ1n) is 8.58. The Kier molecular flexibility index (Phi) is 5.34. The fourth-order valence-corrected chi connectivity index (χ4v) is 2.86. The normalized spacial score (nSPS) is 10.3. The summed E-state index contributed by atoms with van der Waals surface area (Å²) in [6.45, 7) is 3.03. The summed E-state index contributed by atoms with van der Waals surface area (Å²) in [5.41, 5.74) is 2.93. The van der Waals surface area contributed by atoms with E-state index in [1.165, 1.54) is 4.68 Å². The lowest BCUT2D eigenvalue weighted by Crippen LogP contribution is -2.30. The van der Waals surface area contributed by atoms with E-state index in [0.717, 1.165) is 17.4 Å². The van der Waals surface area contributed by atoms with Crippen LogP contribution in [0.4, 0.5) is 5.69 Å². The molecule has 2 N–H and O–H groups in total. The van der Waals surface area contributed by atoms with Crippen LogP contribution in [0.1, 0.15) is 28.7 Å². The van der Waals surface area contributed by atoms with Crippen molar-refractivity contribution in [2.45, 2.75) is 20.2 Å². The summed E-state index contributed by atoms with van der Waals surface area (Å²) < 4.78 is 1.33. The molecule has 0 bridgehead atoms. The highest BCUT2D eigenvalue weighted by molar-refractivity contribution is 6.65. The summed E-state index contributed by atoms with van der Waals surface area (Å²) in [5, 5.41) is 30.0. The summed E-state index contributed by atoms with van der Waals surface area (Å²) in [4.78, 5) is 12.6. The van der Waals surface area contributed by atoms with Gasteiger partial charge in [-0.25, -0.2) is 4.68 Å². The number of anilines is 1. The van der Waals surface area contributed by atoms with E-state index in [4.69, 9.17) is 0 Å². The zero-order chi connectivity index (χ0) is 19.4. The number of amides is 1. The minimum Gasteiger partial charge on any atom is -0.446 e. The van der Waals surface area contributed by atoms with Crippen molar-refractivity contribution in [1.29, 1.82) is 5.26 Å². The maximum Gasteiger partial charge on any atom is 0.320 e. The van der Waals surface area contributed by atoms with Gasteiger partial charge in [-0.2, -0.15) is 5.26 Å². The van der Waals surface area contributed by atoms with Crippen LogP contribution in [0.15, 0.2) is 48.5 Å². The molecule has 0 spiro atoms. The molecule has 27 heavy (non-hydrogen) atoms. The maximum atomic E-state index is 12.6. The van der Waals surface area contributed by atoms with E-state index in [-0.39, 0.29) is 11.4 Å². The van der Waals surface area contributed by atoms with Crippen molar-refractivity contribution in [2.24, 2.45) is 0 Å². The summed E-state index contributed by atoms with van der Waals surface area (Å²) in [6, 6.07) is 16.4. The number of nitriles is 1. The number of nitrogens with zero attached hydrogens (tertiary/aromatic N) is 4. The molecule has 3 rings (SSSR count). The van der Waals surface area contributed by atoms with Gasteiger partial charge < -0.3 is 10.3 Å². The lowest BCUT2D eigenvalue weighted by Gasteiger charge is -2.11. The van der Waals surface area contributed by atoms with Gasteiger partial charge in [0.2, 0.25) is 0 Å². The molecule has 0 atom stereocenters. The Morgan fingerprint density at radius 1 is 1.30 bits per heavy atom. The molecule has 0 aliphatic heterocycles. The third-order valence-corrected chi connectivity index (χ3v) is 4.23. The smallest absolute Gasteiger partial charge is 0.320 e. The topological polar surface area (TPSA) is 104 Å². The van der Waals surface area contributed by atoms with Crippen molar-refractivity contribution in [2.75, 3.05) is 5.32 Å². The van der Waals surface area contributed by atoms with Gasteiger partial charge in [0.1, 0.15) is 6.07 Å². The van der Waals surface area contributed by atoms with Crippen LogP contribution in [-0.2, 0) is 6.42 Å². The second-order valence-electron chi connectivity index (χ2n) is 6.04. The van der Waals surface area contributed by atoms with E-state index >= 15 is 0 Å². The molecule has 1 aromatic heterocycles. The van der Waals surface area contributed by atoms with E-state index < -0.39 is 12.8 Å². The third kappa shape index (κ3) is 3.73. The summed E-state index contributed by atoms with van der Waals surface area (Å²) >= 11 is 0. The van der Waals surface area contributed by atoms with Gasteiger partial charge in [-0.05, 0) is 36.1 Å². The van der Waals surface area contributed by atoms with Crippen molar-refractivity contribution in [3.8, 4) is 11.8 Å². The van der Waals surface area contributed by atoms with E-state index in [1.54, 1.807) is 31.1 Å². The predicted molar refractivity (Wildman–Crippen MR) is 103 cm³/mol. The molecule has 7 nitrogen and oxygen atoms in total. The Hall–Kier alpha value is -3.44. The minimum atomic E-state index is -0.648. The van der Waals surface area contributed by atoms with Gasteiger partial charge in [-0.3, -0.25) is 4.79 Å². The molecular weight excluding hydrogens is 341 g/mol. The van der Waals surface area contributed by atoms with Crippen LogP contribution in [0, 0.1) is 11.3 Å². The number of carbonyl (C=O) groups is 1. The number of carbonyl (C=O) groups excluding carboxylic acids is 1. The summed E-state index contributed by atoms with van der Waals surface area (Å²) in [6.07, 6.45) is 0.776. The highest BCUT2D eigenvalue weighted by Gasteiger charge is 2.21. The standard InChI is InChI=1S/C19H18BN5O2/c1-3-13-9-10-14(11-16(13)20(2)27)22-19(26)18-17(12-21)25(24-23-18)15-7-5-4-6-8-15/h4-11,27H,3H2,1-2H3,(H,22,26). The van der Waals surface area contributed by atoms with Gasteiger partial charge in [0.15, 0.2) is 11.4 Å². The lowest BCUT2D eigenvalue weighted by molar-refractivity contribution is 0.102. The van der Waals surface area contributed by atoms with Crippen LogP contribution < -0.4 is 10.8 Å². The predicted octanol–water partition coefficient (Wildman–Crippen LogP) is 1.77. The third-order valence-electron chi connectivity index (χ3n) is 4.23. The maximum absolute atomic E-state index is 12.6. The van der Waals surface area contributed by atoms with Crippen molar-refractivity contribution < 1.29 is 9.82 Å². The number of hydrogen-bond donors (Lipinski definition) is 2. The first-order valence-corrected chi connectivity index (χ1v) is 8.58. The van der Waals surface area contributed by atoms with Crippen molar-refractivity contribution in [1.82, 2.24) is 15.0 Å². The molecule has 134 valence electrons. The zero-order valence-corrected chi connectivity index (χ0v) is 15.0. The largest absolute Gasteiger partial charge is 0.446 e. The molecular formula is C19H18BN5O2. The molecule has 3 aromatic rings. The monoisotopic (exact) mass is 359 g/mol. The van der Waals surface area contributed by atoms with Crippen LogP contribution in [0.5, 0.6) is 0 Å². The highest BCUT2D eigenvalue weighted by atomic mass is 16.2. The second-order valence-corrected chi connectivity index (χ2v) is 6.04. The van der Waals surface area contributed by atoms with E-state index in [1.807, 2.05) is 37.3 Å². The van der Waals surface area contributed by atoms with E-state index in [9.17, 15) is 15.1 Å². The molecule has 0 unspecified atom stereocenters. The fraction of sp³-hybridized carbons (Fsp3) is 0.158. The minimum absolute atomic E-state index is 0.0552. The number of aryl methyl sites for hydroxylation is 1. The van der Waals surface area contributed by atoms with Gasteiger partial charge in [0.25, 0.3) is 5.91 Å². The average molecular weight is 359 g/mol. The molecule has 0 radical (unpaired) electrons. The number of aromatic nitrogens is 3. The molecule has 2 aromatic carbocycles. The molecule has 1 heterocycles. The second kappa shape index (κ2) is 7.85. The van der Waals surface area contributed by atoms with Gasteiger partial charge in [-0.15, -0.1) is 5.10 Å². The number of para-hydroxylation sites is 1. The molecule has 0 saturated carbocycles. The zero-order valence-electron chi connectivity index (χ0n) is 15.0. The average Bonchev–Trinajstić information content (AvgIpc) is 3.12. The van der Waals surface area contributed by atoms with Crippen LogP contribution in [0.25, 0.3) is 5.69 Å². The SMILES string of the molecule is CCc1ccc(NC(=O)c2nnn(-c3ccccc3)c2C#N)cc1B(C)O. The van der Waals surface area contributed by atoms with Crippen LogP contribution in [0.3, 0.4) is 0 Å². The number of nitrogens with one attached hydrogen (secondary N) is 1. The van der Waals surface area contributed by atoms with Gasteiger partial charge in [0.05, 0.1) is 5.69 Å². The van der Waals surface area contributed by atoms with Crippen molar-refractivity contribution in [3.05, 3.63) is 65.5 Å². The summed E-state index contributed by atoms with van der Waals surface area (Å²) in [5.74, 6) is -0.533. The van der Waals surface area contributed by atoms with E-state index in [2.05, 4.69) is 15.6 Å². The van der Waals surface area contributed by atoms with Gasteiger partial charge >= 0.3 is 6.92 Å². The molecule has 8 heteroatoms. The van der Waals surface area contributed by atoms with Crippen LogP contribution in [0.2, 0.25) is 6.82 Å². The van der Waals surface area contributed by atoms with Gasteiger partial charge in [-0.1, -0.05) is 48.8 Å². The first kappa shape index (κ1) is 18.4. The first-order chi connectivity index (χ1) is 13.0. The Morgan fingerprint density at radius 3 is 2.67 bits per heavy atom. The van der Waals surface area contributed by atoms with Gasteiger partial charge in [0, 0.05) is 5.69 Å². The molecule has 0 fully saturated rings. The number of benzene rings is 2. The highest BCUT2D eigenvalue weighted by Crippen LogP contribution is 2.15. The van der Waals surface area contributed by atoms with Crippen molar-refractivity contribution in [3.63, 3.8) is 0 Å². The Labute approximate surface area is 157 Å². The lowest BCUT2D eigenvalue weighted by atomic mass is 9.62. The fourth-order valence-electron chi connectivity index (χ4n) is 2.86. The van der Waals surface area contributed by atoms with Crippen LogP contribution in [-0.4, -0.2) is 32.8 Å². The molecule has 0 aliphatic carbocycles. The Bertz CT molecular complexity index is 1010. The van der Waals surface area contributed by atoms with Crippen LogP contribution >= 0.6 is 0 Å². The Balaban J connectivity index is 1.91. The quantitative estimate of drug-likeness (QED) is 0.676.